The van der Waals surface area contributed by atoms with Gasteiger partial charge >= 0.3 is 11.9 Å². The standard InChI is InChI=1S/C47H94N2O6S/c1-5-8-11-14-17-24-29-41-52-45(50)34-26-19-18-20-27-38-49(40-33-37-48-56-4)39-28-21-25-30-42-53-46(51)35-36-47(54-43-31-22-15-12-9-6-2)55-44-32-23-16-13-10-7-3/h47-48H,5-44H2,1-4H3. The van der Waals surface area contributed by atoms with Gasteiger partial charge < -0.3 is 23.8 Å². The summed E-state index contributed by atoms with van der Waals surface area (Å²) >= 11 is 1.69. The van der Waals surface area contributed by atoms with Crippen molar-refractivity contribution in [3.05, 3.63) is 0 Å². The van der Waals surface area contributed by atoms with Crippen molar-refractivity contribution in [1.82, 2.24) is 9.62 Å². The second kappa shape index (κ2) is 46.8. The summed E-state index contributed by atoms with van der Waals surface area (Å²) in [6.45, 7) is 13.7. The normalized spacial score (nSPS) is 11.6. The van der Waals surface area contributed by atoms with E-state index in [1.165, 1.54) is 128 Å². The second-order valence-corrected chi connectivity index (χ2v) is 16.7. The minimum absolute atomic E-state index is 0.0174. The average Bonchev–Trinajstić information content (AvgIpc) is 3.20. The van der Waals surface area contributed by atoms with E-state index in [0.717, 1.165) is 84.0 Å². The van der Waals surface area contributed by atoms with E-state index in [9.17, 15) is 9.59 Å². The minimum Gasteiger partial charge on any atom is -0.466 e. The number of nitrogens with zero attached hydrogens (tertiary/aromatic N) is 1. The summed E-state index contributed by atoms with van der Waals surface area (Å²) in [6, 6.07) is 0. The van der Waals surface area contributed by atoms with Crippen molar-refractivity contribution in [2.75, 3.05) is 58.9 Å². The van der Waals surface area contributed by atoms with Crippen LogP contribution in [0.3, 0.4) is 0 Å². The van der Waals surface area contributed by atoms with Gasteiger partial charge in [0.1, 0.15) is 0 Å². The molecule has 0 aromatic heterocycles. The lowest BCUT2D eigenvalue weighted by Gasteiger charge is -2.22. The molecule has 0 heterocycles. The fourth-order valence-corrected chi connectivity index (χ4v) is 7.31. The predicted octanol–water partition coefficient (Wildman–Crippen LogP) is 13.1. The zero-order valence-corrected chi connectivity index (χ0v) is 38.5. The molecule has 0 amide bonds. The molecule has 0 unspecified atom stereocenters. The van der Waals surface area contributed by atoms with Crippen molar-refractivity contribution < 1.29 is 28.5 Å². The summed E-state index contributed by atoms with van der Waals surface area (Å²) < 4.78 is 26.6. The van der Waals surface area contributed by atoms with Crippen molar-refractivity contribution in [2.45, 2.75) is 233 Å². The van der Waals surface area contributed by atoms with E-state index in [0.29, 0.717) is 45.7 Å². The molecule has 0 fully saturated rings. The molecule has 1 N–H and O–H groups in total. The smallest absolute Gasteiger partial charge is 0.305 e. The van der Waals surface area contributed by atoms with E-state index in [-0.39, 0.29) is 18.2 Å². The van der Waals surface area contributed by atoms with Gasteiger partial charge in [-0.1, -0.05) is 168 Å². The third-order valence-corrected chi connectivity index (χ3v) is 11.1. The lowest BCUT2D eigenvalue weighted by molar-refractivity contribution is -0.159. The maximum atomic E-state index is 12.6. The van der Waals surface area contributed by atoms with Crippen LogP contribution in [0.2, 0.25) is 0 Å². The van der Waals surface area contributed by atoms with Crippen LogP contribution in [0.4, 0.5) is 0 Å². The number of esters is 2. The highest BCUT2D eigenvalue weighted by Crippen LogP contribution is 2.14. The summed E-state index contributed by atoms with van der Waals surface area (Å²) in [7, 11) is 0. The molecule has 334 valence electrons. The zero-order chi connectivity index (χ0) is 40.8. The van der Waals surface area contributed by atoms with Gasteiger partial charge in [-0.05, 0) is 77.3 Å². The lowest BCUT2D eigenvalue weighted by Crippen LogP contribution is -2.29. The Kier molecular flexibility index (Phi) is 46.1. The summed E-state index contributed by atoms with van der Waals surface area (Å²) in [6.07, 6.45) is 37.9. The summed E-state index contributed by atoms with van der Waals surface area (Å²) in [5.41, 5.74) is 0. The van der Waals surface area contributed by atoms with Crippen LogP contribution in [0.25, 0.3) is 0 Å². The van der Waals surface area contributed by atoms with E-state index >= 15 is 0 Å². The van der Waals surface area contributed by atoms with Crippen LogP contribution in [0.5, 0.6) is 0 Å². The van der Waals surface area contributed by atoms with Crippen LogP contribution in [0.1, 0.15) is 226 Å². The Morgan fingerprint density at radius 2 is 0.839 bits per heavy atom. The number of carbonyl (C=O) groups excluding carboxylic acids is 2. The molecule has 0 saturated carbocycles. The predicted molar refractivity (Wildman–Crippen MR) is 240 cm³/mol. The zero-order valence-electron chi connectivity index (χ0n) is 37.7. The van der Waals surface area contributed by atoms with Crippen molar-refractivity contribution in [2.24, 2.45) is 0 Å². The van der Waals surface area contributed by atoms with Gasteiger partial charge in [-0.25, -0.2) is 0 Å². The number of ether oxygens (including phenoxy) is 4. The highest BCUT2D eigenvalue weighted by molar-refractivity contribution is 7.96. The van der Waals surface area contributed by atoms with Crippen LogP contribution in [-0.2, 0) is 28.5 Å². The monoisotopic (exact) mass is 815 g/mol. The molecule has 0 saturated heterocycles. The number of unbranched alkanes of at least 4 members (excludes halogenated alkanes) is 23. The maximum absolute atomic E-state index is 12.6. The summed E-state index contributed by atoms with van der Waals surface area (Å²) in [4.78, 5) is 27.3. The Morgan fingerprint density at radius 1 is 0.464 bits per heavy atom. The Morgan fingerprint density at radius 3 is 1.30 bits per heavy atom. The fraction of sp³-hybridized carbons (Fsp3) is 0.957. The molecule has 8 nitrogen and oxygen atoms in total. The van der Waals surface area contributed by atoms with Crippen LogP contribution in [0, 0.1) is 0 Å². The summed E-state index contributed by atoms with van der Waals surface area (Å²) in [5.74, 6) is -0.152. The Bertz CT molecular complexity index is 789. The molecule has 0 bridgehead atoms. The molecule has 0 aliphatic carbocycles. The van der Waals surface area contributed by atoms with E-state index in [4.69, 9.17) is 18.9 Å². The molecule has 0 atom stereocenters. The third kappa shape index (κ3) is 42.7. The SMILES string of the molecule is CCCCCCCCCOC(=O)CCCCCCCN(CCCCCCOC(=O)CCC(OCCCCCCCC)OCCCCCCCC)CCCNSC. The number of hydrogen-bond donors (Lipinski definition) is 1. The van der Waals surface area contributed by atoms with E-state index in [2.05, 4.69) is 36.6 Å². The van der Waals surface area contributed by atoms with E-state index in [1.807, 2.05) is 0 Å². The maximum Gasteiger partial charge on any atom is 0.305 e. The van der Waals surface area contributed by atoms with Gasteiger partial charge in [-0.3, -0.25) is 14.3 Å². The molecule has 56 heavy (non-hydrogen) atoms. The molecule has 0 aliphatic heterocycles. The van der Waals surface area contributed by atoms with Crippen LogP contribution in [0.15, 0.2) is 0 Å². The van der Waals surface area contributed by atoms with Crippen LogP contribution < -0.4 is 4.72 Å². The second-order valence-electron chi connectivity index (χ2n) is 16.0. The van der Waals surface area contributed by atoms with E-state index < -0.39 is 0 Å². The average molecular weight is 815 g/mol. The molecule has 0 aromatic rings. The van der Waals surface area contributed by atoms with Crippen molar-refractivity contribution in [3.8, 4) is 0 Å². The molecule has 0 aliphatic rings. The number of carbonyl (C=O) groups is 2. The Labute approximate surface area is 352 Å². The Hall–Kier alpha value is -0.870. The molecule has 0 radical (unpaired) electrons. The minimum atomic E-state index is -0.312. The molecule has 0 aromatic carbocycles. The first kappa shape index (κ1) is 55.1. The third-order valence-electron chi connectivity index (χ3n) is 10.6. The van der Waals surface area contributed by atoms with Crippen LogP contribution in [-0.4, -0.2) is 82.0 Å². The Balaban J connectivity index is 4.16. The van der Waals surface area contributed by atoms with E-state index in [1.54, 1.807) is 11.9 Å². The molecule has 0 spiro atoms. The van der Waals surface area contributed by atoms with Gasteiger partial charge in [-0.15, -0.1) is 0 Å². The molecule has 9 heteroatoms. The summed E-state index contributed by atoms with van der Waals surface area (Å²) in [5, 5.41) is 0. The molecular weight excluding hydrogens is 721 g/mol. The highest BCUT2D eigenvalue weighted by Gasteiger charge is 2.14. The van der Waals surface area contributed by atoms with Gasteiger partial charge in [0.05, 0.1) is 19.6 Å². The first-order valence-corrected chi connectivity index (χ1v) is 25.3. The highest BCUT2D eigenvalue weighted by atomic mass is 32.2. The number of rotatable bonds is 47. The first-order valence-electron chi connectivity index (χ1n) is 24.1. The molecular formula is C47H94N2O6S. The quantitative estimate of drug-likeness (QED) is 0.0279. The van der Waals surface area contributed by atoms with Crippen molar-refractivity contribution in [1.29, 1.82) is 0 Å². The van der Waals surface area contributed by atoms with Crippen molar-refractivity contribution in [3.63, 3.8) is 0 Å². The first-order chi connectivity index (χ1) is 27.6. The van der Waals surface area contributed by atoms with Gasteiger partial charge in [0.25, 0.3) is 0 Å². The van der Waals surface area contributed by atoms with Gasteiger partial charge in [-0.2, -0.15) is 0 Å². The van der Waals surface area contributed by atoms with Gasteiger partial charge in [0.2, 0.25) is 0 Å². The van der Waals surface area contributed by atoms with Gasteiger partial charge in [0, 0.05) is 32.6 Å². The fourth-order valence-electron chi connectivity index (χ4n) is 6.96. The van der Waals surface area contributed by atoms with Gasteiger partial charge in [0.15, 0.2) is 6.29 Å². The topological polar surface area (TPSA) is 86.3 Å². The molecule has 0 rings (SSSR count). The largest absolute Gasteiger partial charge is 0.466 e. The van der Waals surface area contributed by atoms with Crippen LogP contribution >= 0.6 is 11.9 Å². The lowest BCUT2D eigenvalue weighted by atomic mass is 10.1. The number of hydrogen-bond acceptors (Lipinski definition) is 9. The van der Waals surface area contributed by atoms with Crippen molar-refractivity contribution >= 4 is 23.9 Å². The number of nitrogens with one attached hydrogen (secondary N) is 1.